The molecule has 4 amide bonds. The highest BCUT2D eigenvalue weighted by Crippen LogP contribution is 2.31. The van der Waals surface area contributed by atoms with Gasteiger partial charge in [-0.05, 0) is 36.2 Å². The van der Waals surface area contributed by atoms with Gasteiger partial charge in [-0.15, -0.1) is 22.7 Å². The molecule has 3 heterocycles. The van der Waals surface area contributed by atoms with Gasteiger partial charge in [0.25, 0.3) is 5.91 Å². The minimum Gasteiger partial charge on any atom is -0.354 e. The van der Waals surface area contributed by atoms with E-state index in [9.17, 15) is 14.4 Å². The molecule has 8 heteroatoms. The van der Waals surface area contributed by atoms with Crippen LogP contribution < -0.4 is 10.6 Å². The fraction of sp³-hybridized carbons (Fsp3) is 0.312. The second-order valence-electron chi connectivity index (χ2n) is 5.60. The molecule has 1 fully saturated rings. The Bertz CT molecular complexity index is 743. The summed E-state index contributed by atoms with van der Waals surface area (Å²) < 4.78 is 0. The zero-order valence-corrected chi connectivity index (χ0v) is 14.7. The van der Waals surface area contributed by atoms with E-state index in [-0.39, 0.29) is 12.5 Å². The number of amides is 4. The normalized spacial score (nSPS) is 20.3. The number of nitrogens with zero attached hydrogens (tertiary/aromatic N) is 1. The molecule has 0 spiro atoms. The Balaban J connectivity index is 1.57. The molecule has 3 rings (SSSR count). The zero-order valence-electron chi connectivity index (χ0n) is 13.1. The molecular formula is C16H17N3O3S2. The molecule has 1 atom stereocenters. The van der Waals surface area contributed by atoms with Crippen molar-refractivity contribution in [2.75, 3.05) is 13.1 Å². The van der Waals surface area contributed by atoms with Crippen molar-refractivity contribution in [2.45, 2.75) is 18.9 Å². The van der Waals surface area contributed by atoms with Gasteiger partial charge in [0.05, 0.1) is 0 Å². The summed E-state index contributed by atoms with van der Waals surface area (Å²) in [5.41, 5.74) is -1.09. The minimum absolute atomic E-state index is 0.268. The number of carbonyl (C=O) groups excluding carboxylic acids is 3. The average molecular weight is 363 g/mol. The number of carbonyl (C=O) groups is 3. The molecule has 0 radical (unpaired) electrons. The molecule has 126 valence electrons. The van der Waals surface area contributed by atoms with Gasteiger partial charge in [0.15, 0.2) is 5.54 Å². The number of thiophene rings is 2. The number of hydrogen-bond acceptors (Lipinski definition) is 5. The third kappa shape index (κ3) is 3.20. The first-order valence-electron chi connectivity index (χ1n) is 7.48. The van der Waals surface area contributed by atoms with Gasteiger partial charge in [0.1, 0.15) is 6.54 Å². The molecule has 24 heavy (non-hydrogen) atoms. The Morgan fingerprint density at radius 3 is 2.67 bits per heavy atom. The first kappa shape index (κ1) is 16.7. The van der Waals surface area contributed by atoms with Crippen LogP contribution in [-0.2, 0) is 21.5 Å². The van der Waals surface area contributed by atoms with E-state index in [0.717, 1.165) is 16.2 Å². The molecule has 1 aliphatic rings. The van der Waals surface area contributed by atoms with Gasteiger partial charge in [-0.3, -0.25) is 14.5 Å². The van der Waals surface area contributed by atoms with Crippen molar-refractivity contribution in [1.29, 1.82) is 0 Å². The highest BCUT2D eigenvalue weighted by Gasteiger charge is 2.50. The highest BCUT2D eigenvalue weighted by atomic mass is 32.1. The molecule has 1 aliphatic heterocycles. The maximum atomic E-state index is 12.6. The van der Waals surface area contributed by atoms with Crippen molar-refractivity contribution in [2.24, 2.45) is 0 Å². The van der Waals surface area contributed by atoms with Crippen molar-refractivity contribution >= 4 is 40.5 Å². The quantitative estimate of drug-likeness (QED) is 0.770. The fourth-order valence-electron chi connectivity index (χ4n) is 2.55. The van der Waals surface area contributed by atoms with Crippen LogP contribution in [-0.4, -0.2) is 35.8 Å². The summed E-state index contributed by atoms with van der Waals surface area (Å²) in [7, 11) is 0. The number of nitrogens with one attached hydrogen (secondary N) is 2. The zero-order chi connectivity index (χ0) is 17.2. The molecule has 0 saturated carbocycles. The first-order chi connectivity index (χ1) is 11.5. The summed E-state index contributed by atoms with van der Waals surface area (Å²) in [5.74, 6) is -0.742. The van der Waals surface area contributed by atoms with E-state index in [4.69, 9.17) is 0 Å². The molecule has 6 nitrogen and oxygen atoms in total. The van der Waals surface area contributed by atoms with E-state index in [2.05, 4.69) is 10.6 Å². The summed E-state index contributed by atoms with van der Waals surface area (Å²) in [4.78, 5) is 39.7. The van der Waals surface area contributed by atoms with Gasteiger partial charge in [-0.2, -0.15) is 0 Å². The predicted molar refractivity (Wildman–Crippen MR) is 92.9 cm³/mol. The topological polar surface area (TPSA) is 78.5 Å². The lowest BCUT2D eigenvalue weighted by atomic mass is 10.0. The lowest BCUT2D eigenvalue weighted by Crippen LogP contribution is -2.43. The van der Waals surface area contributed by atoms with E-state index < -0.39 is 17.5 Å². The number of rotatable bonds is 6. The van der Waals surface area contributed by atoms with Crippen LogP contribution in [0.4, 0.5) is 4.79 Å². The molecule has 0 bridgehead atoms. The molecule has 2 aromatic heterocycles. The van der Waals surface area contributed by atoms with Crippen LogP contribution in [0.25, 0.3) is 0 Å². The Morgan fingerprint density at radius 1 is 1.25 bits per heavy atom. The highest BCUT2D eigenvalue weighted by molar-refractivity contribution is 7.10. The van der Waals surface area contributed by atoms with Crippen molar-refractivity contribution in [1.82, 2.24) is 15.5 Å². The second-order valence-corrected chi connectivity index (χ2v) is 7.58. The Labute approximate surface area is 147 Å². The average Bonchev–Trinajstić information content (AvgIpc) is 3.27. The van der Waals surface area contributed by atoms with E-state index in [1.807, 2.05) is 29.0 Å². The first-order valence-corrected chi connectivity index (χ1v) is 9.24. The molecule has 2 N–H and O–H groups in total. The van der Waals surface area contributed by atoms with Gasteiger partial charge in [-0.25, -0.2) is 4.79 Å². The maximum Gasteiger partial charge on any atom is 0.325 e. The molecule has 2 aromatic rings. The van der Waals surface area contributed by atoms with Crippen molar-refractivity contribution in [3.05, 3.63) is 44.8 Å². The Kier molecular flexibility index (Phi) is 4.68. The van der Waals surface area contributed by atoms with Crippen LogP contribution in [0.15, 0.2) is 35.0 Å². The molecule has 0 aromatic carbocycles. The summed E-state index contributed by atoms with van der Waals surface area (Å²) in [5, 5.41) is 9.26. The molecular weight excluding hydrogens is 346 g/mol. The van der Waals surface area contributed by atoms with Crippen LogP contribution in [0.2, 0.25) is 0 Å². The Hall–Kier alpha value is -2.19. The van der Waals surface area contributed by atoms with Gasteiger partial charge in [0, 0.05) is 16.3 Å². The van der Waals surface area contributed by atoms with Crippen LogP contribution in [0.1, 0.15) is 16.7 Å². The number of hydrogen-bond donors (Lipinski definition) is 2. The molecule has 0 aliphatic carbocycles. The minimum atomic E-state index is -1.09. The summed E-state index contributed by atoms with van der Waals surface area (Å²) in [6.45, 7) is 1.87. The van der Waals surface area contributed by atoms with Crippen LogP contribution in [0.5, 0.6) is 0 Å². The van der Waals surface area contributed by atoms with Crippen LogP contribution >= 0.6 is 22.7 Å². The third-order valence-corrected chi connectivity index (χ3v) is 5.89. The summed E-state index contributed by atoms with van der Waals surface area (Å²) >= 11 is 3.02. The second kappa shape index (κ2) is 6.74. The third-order valence-electron chi connectivity index (χ3n) is 3.86. The lowest BCUT2D eigenvalue weighted by Gasteiger charge is -2.19. The van der Waals surface area contributed by atoms with Crippen molar-refractivity contribution < 1.29 is 14.4 Å². The SMILES string of the molecule is CC1(c2cccs2)NC(=O)N(CC(=O)NCCc2cccs2)C1=O. The van der Waals surface area contributed by atoms with E-state index in [1.54, 1.807) is 24.3 Å². The smallest absolute Gasteiger partial charge is 0.325 e. The predicted octanol–water partition coefficient (Wildman–Crippen LogP) is 1.94. The Morgan fingerprint density at radius 2 is 2.00 bits per heavy atom. The summed E-state index contributed by atoms with van der Waals surface area (Å²) in [6, 6.07) is 7.04. The standard InChI is InChI=1S/C16H17N3O3S2/c1-16(12-5-3-9-24-12)14(21)19(15(22)18-16)10-13(20)17-7-6-11-4-2-8-23-11/h2-5,8-9H,6-7,10H2,1H3,(H,17,20)(H,18,22). The van der Waals surface area contributed by atoms with Gasteiger partial charge in [-0.1, -0.05) is 12.1 Å². The molecule has 1 unspecified atom stereocenters. The van der Waals surface area contributed by atoms with Crippen LogP contribution in [0, 0.1) is 0 Å². The summed E-state index contributed by atoms with van der Waals surface area (Å²) in [6.07, 6.45) is 0.733. The lowest BCUT2D eigenvalue weighted by molar-refractivity contribution is -0.134. The van der Waals surface area contributed by atoms with Gasteiger partial charge in [0.2, 0.25) is 5.91 Å². The van der Waals surface area contributed by atoms with Gasteiger partial charge >= 0.3 is 6.03 Å². The number of imide groups is 1. The van der Waals surface area contributed by atoms with Gasteiger partial charge < -0.3 is 10.6 Å². The fourth-order valence-corrected chi connectivity index (χ4v) is 4.09. The molecule has 1 saturated heterocycles. The van der Waals surface area contributed by atoms with E-state index in [1.165, 1.54) is 16.2 Å². The van der Waals surface area contributed by atoms with E-state index in [0.29, 0.717) is 6.54 Å². The largest absolute Gasteiger partial charge is 0.354 e. The van der Waals surface area contributed by atoms with Crippen molar-refractivity contribution in [3.8, 4) is 0 Å². The maximum absolute atomic E-state index is 12.6. The van der Waals surface area contributed by atoms with Crippen molar-refractivity contribution in [3.63, 3.8) is 0 Å². The number of urea groups is 1. The van der Waals surface area contributed by atoms with E-state index >= 15 is 0 Å². The monoisotopic (exact) mass is 363 g/mol. The van der Waals surface area contributed by atoms with Crippen LogP contribution in [0.3, 0.4) is 0 Å².